The lowest BCUT2D eigenvalue weighted by Gasteiger charge is -2.35. The number of amidine groups is 1. The largest absolute Gasteiger partial charge is 0.378 e. The summed E-state index contributed by atoms with van der Waals surface area (Å²) < 4.78 is 0. The Bertz CT molecular complexity index is 713. The summed E-state index contributed by atoms with van der Waals surface area (Å²) in [6, 6.07) is 9.23. The maximum Gasteiger partial charge on any atom is 0.125 e. The van der Waals surface area contributed by atoms with Crippen molar-refractivity contribution in [2.75, 3.05) is 0 Å². The van der Waals surface area contributed by atoms with Gasteiger partial charge in [0.25, 0.3) is 0 Å². The molecule has 4 rings (SSSR count). The minimum absolute atomic E-state index is 0.0340. The summed E-state index contributed by atoms with van der Waals surface area (Å²) in [5.41, 5.74) is 5.57. The highest BCUT2D eigenvalue weighted by Gasteiger charge is 2.44. The molecule has 0 saturated heterocycles. The molecule has 114 valence electrons. The standard InChI is InChI=1S/C19H23N3/c1-12-13(2)21-17-18(20-11-10-19(12,17)3)22-16-9-8-14-6-4-5-7-15(14)16/h4-7,10-11,16-17,21H,8-9H2,1-3H3,(H,20,22). The Labute approximate surface area is 132 Å². The van der Waals surface area contributed by atoms with Gasteiger partial charge in [0.05, 0.1) is 12.1 Å². The molecule has 2 heterocycles. The molecule has 1 aliphatic carbocycles. The van der Waals surface area contributed by atoms with E-state index in [-0.39, 0.29) is 17.5 Å². The maximum atomic E-state index is 5.10. The second-order valence-corrected chi connectivity index (χ2v) is 6.86. The molecule has 0 fully saturated rings. The van der Waals surface area contributed by atoms with E-state index in [0.717, 1.165) is 18.7 Å². The van der Waals surface area contributed by atoms with Gasteiger partial charge in [0.15, 0.2) is 0 Å². The van der Waals surface area contributed by atoms with E-state index in [9.17, 15) is 0 Å². The van der Waals surface area contributed by atoms with Crippen LogP contribution in [0.2, 0.25) is 0 Å². The quantitative estimate of drug-likeness (QED) is 0.832. The van der Waals surface area contributed by atoms with Crippen molar-refractivity contribution in [2.45, 2.75) is 45.7 Å². The Morgan fingerprint density at radius 2 is 2.05 bits per heavy atom. The Balaban J connectivity index is 1.69. The van der Waals surface area contributed by atoms with Gasteiger partial charge in [0.2, 0.25) is 0 Å². The third-order valence-electron chi connectivity index (χ3n) is 5.66. The molecule has 0 bridgehead atoms. The average molecular weight is 293 g/mol. The smallest absolute Gasteiger partial charge is 0.125 e. The van der Waals surface area contributed by atoms with Gasteiger partial charge in [-0.25, -0.2) is 0 Å². The first-order valence-electron chi connectivity index (χ1n) is 8.14. The van der Waals surface area contributed by atoms with Gasteiger partial charge >= 0.3 is 0 Å². The lowest BCUT2D eigenvalue weighted by atomic mass is 9.76. The second kappa shape index (κ2) is 4.73. The molecule has 3 nitrogen and oxygen atoms in total. The van der Waals surface area contributed by atoms with Gasteiger partial charge in [-0.2, -0.15) is 0 Å². The van der Waals surface area contributed by atoms with E-state index in [1.165, 1.54) is 22.4 Å². The molecule has 2 N–H and O–H groups in total. The molecule has 0 spiro atoms. The van der Waals surface area contributed by atoms with Crippen LogP contribution in [0.4, 0.5) is 0 Å². The molecule has 0 radical (unpaired) electrons. The number of aliphatic imine (C=N–C) groups is 1. The van der Waals surface area contributed by atoms with Crippen LogP contribution >= 0.6 is 0 Å². The molecule has 3 aliphatic rings. The fraction of sp³-hybridized carbons (Fsp3) is 0.421. The van der Waals surface area contributed by atoms with Crippen LogP contribution in [0.5, 0.6) is 0 Å². The monoisotopic (exact) mass is 293 g/mol. The first-order chi connectivity index (χ1) is 10.6. The fourth-order valence-electron chi connectivity index (χ4n) is 4.00. The molecule has 22 heavy (non-hydrogen) atoms. The Morgan fingerprint density at radius 1 is 1.23 bits per heavy atom. The van der Waals surface area contributed by atoms with Crippen LogP contribution in [0.15, 0.2) is 52.8 Å². The Morgan fingerprint density at radius 3 is 2.91 bits per heavy atom. The number of nitrogens with one attached hydrogen (secondary N) is 2. The topological polar surface area (TPSA) is 36.4 Å². The third-order valence-corrected chi connectivity index (χ3v) is 5.66. The van der Waals surface area contributed by atoms with E-state index in [2.05, 4.69) is 67.9 Å². The molecular formula is C19H23N3. The van der Waals surface area contributed by atoms with Crippen LogP contribution in [-0.2, 0) is 6.42 Å². The van der Waals surface area contributed by atoms with E-state index in [1.807, 2.05) is 0 Å². The van der Waals surface area contributed by atoms with E-state index >= 15 is 0 Å². The Hall–Kier alpha value is -2.03. The first kappa shape index (κ1) is 13.6. The minimum atomic E-state index is 0.0340. The van der Waals surface area contributed by atoms with Crippen molar-refractivity contribution < 1.29 is 0 Å². The van der Waals surface area contributed by atoms with Gasteiger partial charge in [0.1, 0.15) is 5.84 Å². The van der Waals surface area contributed by atoms with Crippen LogP contribution < -0.4 is 10.6 Å². The van der Waals surface area contributed by atoms with E-state index in [0.29, 0.717) is 0 Å². The van der Waals surface area contributed by atoms with Crippen LogP contribution in [0.3, 0.4) is 0 Å². The van der Waals surface area contributed by atoms with Crippen LogP contribution in [0.25, 0.3) is 0 Å². The maximum absolute atomic E-state index is 5.10. The zero-order chi connectivity index (χ0) is 15.3. The Kier molecular flexibility index (Phi) is 2.93. The highest BCUT2D eigenvalue weighted by molar-refractivity contribution is 5.92. The van der Waals surface area contributed by atoms with Gasteiger partial charge in [-0.1, -0.05) is 30.3 Å². The number of rotatable bonds is 1. The zero-order valence-corrected chi connectivity index (χ0v) is 13.5. The molecule has 0 amide bonds. The molecular weight excluding hydrogens is 270 g/mol. The molecule has 0 aromatic heterocycles. The first-order valence-corrected chi connectivity index (χ1v) is 8.14. The highest BCUT2D eigenvalue weighted by atomic mass is 15.1. The minimum Gasteiger partial charge on any atom is -0.378 e. The van der Waals surface area contributed by atoms with E-state index < -0.39 is 0 Å². The highest BCUT2D eigenvalue weighted by Crippen LogP contribution is 2.42. The van der Waals surface area contributed by atoms with E-state index in [4.69, 9.17) is 4.99 Å². The van der Waals surface area contributed by atoms with Crippen molar-refractivity contribution in [3.8, 4) is 0 Å². The summed E-state index contributed by atoms with van der Waals surface area (Å²) >= 11 is 0. The summed E-state index contributed by atoms with van der Waals surface area (Å²) in [5, 5.41) is 7.02. The fourth-order valence-corrected chi connectivity index (χ4v) is 4.00. The summed E-state index contributed by atoms with van der Waals surface area (Å²) in [5.74, 6) is 1.07. The zero-order valence-electron chi connectivity index (χ0n) is 13.5. The summed E-state index contributed by atoms with van der Waals surface area (Å²) in [6.07, 6.45) is 6.57. The number of allylic oxidation sites excluding steroid dienone is 1. The molecule has 3 heteroatoms. The number of hydrogen-bond donors (Lipinski definition) is 2. The number of nitrogens with zero attached hydrogens (tertiary/aromatic N) is 1. The number of aryl methyl sites for hydroxylation is 1. The third kappa shape index (κ3) is 1.84. The van der Waals surface area contributed by atoms with Gasteiger partial charge in [0, 0.05) is 11.1 Å². The van der Waals surface area contributed by atoms with Crippen LogP contribution in [0.1, 0.15) is 44.4 Å². The predicted octanol–water partition coefficient (Wildman–Crippen LogP) is 3.46. The molecule has 1 aromatic rings. The predicted molar refractivity (Wildman–Crippen MR) is 90.6 cm³/mol. The molecule has 2 aliphatic heterocycles. The summed E-state index contributed by atoms with van der Waals surface area (Å²) in [4.78, 5) is 5.10. The normalized spacial score (nSPS) is 34.4. The van der Waals surface area contributed by atoms with Crippen LogP contribution in [-0.4, -0.2) is 11.9 Å². The lowest BCUT2D eigenvalue weighted by molar-refractivity contribution is 0.454. The number of benzene rings is 1. The van der Waals surface area contributed by atoms with Gasteiger partial charge in [-0.15, -0.1) is 0 Å². The molecule has 3 unspecified atom stereocenters. The van der Waals surface area contributed by atoms with Gasteiger partial charge < -0.3 is 10.6 Å². The van der Waals surface area contributed by atoms with Crippen molar-refractivity contribution in [1.29, 1.82) is 0 Å². The summed E-state index contributed by atoms with van der Waals surface area (Å²) in [7, 11) is 0. The van der Waals surface area contributed by atoms with Crippen molar-refractivity contribution in [2.24, 2.45) is 10.4 Å². The van der Waals surface area contributed by atoms with Crippen molar-refractivity contribution >= 4 is 5.84 Å². The van der Waals surface area contributed by atoms with Crippen molar-refractivity contribution in [3.05, 3.63) is 58.9 Å². The van der Waals surface area contributed by atoms with E-state index in [1.54, 1.807) is 0 Å². The van der Waals surface area contributed by atoms with Crippen molar-refractivity contribution in [3.63, 3.8) is 0 Å². The number of fused-ring (bicyclic) bond motifs is 2. The number of hydrogen-bond acceptors (Lipinski definition) is 2. The molecule has 0 saturated carbocycles. The molecule has 1 aromatic carbocycles. The summed E-state index contributed by atoms with van der Waals surface area (Å²) in [6.45, 7) is 6.68. The second-order valence-electron chi connectivity index (χ2n) is 6.86. The van der Waals surface area contributed by atoms with Gasteiger partial charge in [-0.05, 0) is 56.5 Å². The SMILES string of the molecule is CC1=C(C)C2(C)C=CNC(=NC3CCc4ccccc43)C2N1. The average Bonchev–Trinajstić information content (AvgIpc) is 3.02. The molecule has 3 atom stereocenters. The lowest BCUT2D eigenvalue weighted by Crippen LogP contribution is -2.50. The van der Waals surface area contributed by atoms with Crippen LogP contribution in [0, 0.1) is 5.41 Å². The van der Waals surface area contributed by atoms with Gasteiger partial charge in [-0.3, -0.25) is 4.99 Å². The van der Waals surface area contributed by atoms with Crippen molar-refractivity contribution in [1.82, 2.24) is 10.6 Å².